The van der Waals surface area contributed by atoms with Gasteiger partial charge in [-0.2, -0.15) is 9.97 Å². The van der Waals surface area contributed by atoms with Crippen LogP contribution >= 0.6 is 0 Å². The molecule has 0 saturated carbocycles. The summed E-state index contributed by atoms with van der Waals surface area (Å²) in [4.78, 5) is 28.7. The first-order valence-corrected chi connectivity index (χ1v) is 17.3. The maximum absolute atomic E-state index is 13.2. The maximum atomic E-state index is 13.2. The molecule has 0 unspecified atom stereocenters. The number of aromatic nitrogens is 5. The van der Waals surface area contributed by atoms with Gasteiger partial charge in [-0.05, 0) is 24.3 Å². The Bertz CT molecular complexity index is 2950. The predicted molar refractivity (Wildman–Crippen MR) is 209 cm³/mol. The van der Waals surface area contributed by atoms with Crippen LogP contribution in [-0.2, 0) is 0 Å². The minimum Gasteiger partial charge on any atom is -0.307 e. The minimum absolute atomic E-state index is 0.0310. The van der Waals surface area contributed by atoms with Crippen LogP contribution in [0.25, 0.3) is 78.0 Å². The van der Waals surface area contributed by atoms with Gasteiger partial charge in [0.05, 0.1) is 22.1 Å². The fourth-order valence-electron chi connectivity index (χ4n) is 7.39. The topological polar surface area (TPSA) is 65.6 Å². The van der Waals surface area contributed by atoms with E-state index < -0.39 is 0 Å². The summed E-state index contributed by atoms with van der Waals surface area (Å²) in [5.41, 5.74) is 8.20. The van der Waals surface area contributed by atoms with Gasteiger partial charge in [0.25, 0.3) is 0 Å². The van der Waals surface area contributed by atoms with Crippen LogP contribution in [-0.4, -0.2) is 29.9 Å². The Morgan fingerprint density at radius 2 is 0.846 bits per heavy atom. The van der Waals surface area contributed by atoms with E-state index in [1.165, 1.54) is 5.39 Å². The van der Waals surface area contributed by atoms with E-state index in [-0.39, 0.29) is 5.78 Å². The lowest BCUT2D eigenvalue weighted by atomic mass is 10.0. The smallest absolute Gasteiger partial charge is 0.238 e. The van der Waals surface area contributed by atoms with Crippen molar-refractivity contribution < 1.29 is 4.79 Å². The van der Waals surface area contributed by atoms with E-state index in [9.17, 15) is 4.79 Å². The third kappa shape index (κ3) is 4.73. The summed E-state index contributed by atoms with van der Waals surface area (Å²) in [6.45, 7) is 0. The van der Waals surface area contributed by atoms with Crippen molar-refractivity contribution >= 4 is 49.4 Å². The summed E-state index contributed by atoms with van der Waals surface area (Å²) in [7, 11) is 0. The molecular formula is C46H29N5O. The number of benzene rings is 7. The Morgan fingerprint density at radius 1 is 0.385 bits per heavy atom. The van der Waals surface area contributed by atoms with Gasteiger partial charge in [-0.1, -0.05) is 152 Å². The number of fused-ring (bicyclic) bond motifs is 7. The van der Waals surface area contributed by atoms with Crippen LogP contribution in [0.4, 0.5) is 0 Å². The second kappa shape index (κ2) is 12.0. The molecule has 10 rings (SSSR count). The van der Waals surface area contributed by atoms with Crippen molar-refractivity contribution in [2.45, 2.75) is 0 Å². The molecule has 3 heterocycles. The van der Waals surface area contributed by atoms with Gasteiger partial charge in [-0.15, -0.1) is 0 Å². The molecule has 0 aliphatic rings. The summed E-state index contributed by atoms with van der Waals surface area (Å²) >= 11 is 0. The Morgan fingerprint density at radius 3 is 1.46 bits per heavy atom. The molecular weight excluding hydrogens is 639 g/mol. The largest absolute Gasteiger partial charge is 0.307 e. The number of ketones is 1. The molecule has 0 atom stereocenters. The molecule has 0 fully saturated rings. The van der Waals surface area contributed by atoms with E-state index in [2.05, 4.69) is 94.1 Å². The van der Waals surface area contributed by atoms with E-state index >= 15 is 0 Å². The normalized spacial score (nSPS) is 11.5. The van der Waals surface area contributed by atoms with Crippen molar-refractivity contribution in [2.75, 3.05) is 0 Å². The highest BCUT2D eigenvalue weighted by Gasteiger charge is 2.23. The van der Waals surface area contributed by atoms with Crippen molar-refractivity contribution in [1.82, 2.24) is 24.1 Å². The van der Waals surface area contributed by atoms with Gasteiger partial charge >= 0.3 is 0 Å². The zero-order valence-corrected chi connectivity index (χ0v) is 27.9. The average molecular weight is 668 g/mol. The molecule has 6 heteroatoms. The fraction of sp³-hybridized carbons (Fsp3) is 0. The van der Waals surface area contributed by atoms with Gasteiger partial charge in [-0.25, -0.2) is 4.98 Å². The summed E-state index contributed by atoms with van der Waals surface area (Å²) in [5, 5.41) is 4.53. The first-order chi connectivity index (χ1) is 25.7. The van der Waals surface area contributed by atoms with Crippen LogP contribution in [0.5, 0.6) is 0 Å². The van der Waals surface area contributed by atoms with E-state index in [4.69, 9.17) is 15.0 Å². The number of carbonyl (C=O) groups excluding carboxylic acids is 1. The van der Waals surface area contributed by atoms with E-state index in [0.29, 0.717) is 28.7 Å². The van der Waals surface area contributed by atoms with Crippen LogP contribution in [0.1, 0.15) is 15.9 Å². The van der Waals surface area contributed by atoms with Gasteiger partial charge in [0.1, 0.15) is 0 Å². The third-order valence-electron chi connectivity index (χ3n) is 9.78. The molecule has 52 heavy (non-hydrogen) atoms. The Balaban J connectivity index is 1.27. The molecule has 3 aromatic heterocycles. The molecule has 244 valence electrons. The highest BCUT2D eigenvalue weighted by Crippen LogP contribution is 2.41. The average Bonchev–Trinajstić information content (AvgIpc) is 3.75. The van der Waals surface area contributed by atoms with Crippen LogP contribution in [0.15, 0.2) is 176 Å². The van der Waals surface area contributed by atoms with Crippen molar-refractivity contribution in [3.63, 3.8) is 0 Å². The molecule has 0 aliphatic heterocycles. The first kappa shape index (κ1) is 29.7. The second-order valence-corrected chi connectivity index (χ2v) is 12.8. The minimum atomic E-state index is -0.0310. The SMILES string of the molecule is O=C(c1ccccc1)c1ccc(-c2nc(-c3ccccc3)nc(-n3c4ccccc4c4ccc5c6ccccc6n(-c6ccccc6)c5c43)n2)cc1. The molecule has 0 aliphatic carbocycles. The maximum Gasteiger partial charge on any atom is 0.238 e. The number of rotatable bonds is 6. The molecule has 0 saturated heterocycles. The van der Waals surface area contributed by atoms with Crippen molar-refractivity contribution in [3.05, 3.63) is 187 Å². The monoisotopic (exact) mass is 667 g/mol. The van der Waals surface area contributed by atoms with Crippen molar-refractivity contribution in [2.24, 2.45) is 0 Å². The molecule has 0 amide bonds. The van der Waals surface area contributed by atoms with Gasteiger partial charge in [0, 0.05) is 49.5 Å². The Hall–Kier alpha value is -7.18. The lowest BCUT2D eigenvalue weighted by Crippen LogP contribution is -2.07. The van der Waals surface area contributed by atoms with Crippen LogP contribution in [0, 0.1) is 0 Å². The van der Waals surface area contributed by atoms with Gasteiger partial charge in [0.15, 0.2) is 17.4 Å². The Kier molecular flexibility index (Phi) is 6.86. The second-order valence-electron chi connectivity index (χ2n) is 12.8. The van der Waals surface area contributed by atoms with Crippen molar-refractivity contribution in [3.8, 4) is 34.4 Å². The third-order valence-corrected chi connectivity index (χ3v) is 9.78. The number of carbonyl (C=O) groups is 1. The van der Waals surface area contributed by atoms with Crippen molar-refractivity contribution in [1.29, 1.82) is 0 Å². The molecule has 0 bridgehead atoms. The molecule has 6 nitrogen and oxygen atoms in total. The lowest BCUT2D eigenvalue weighted by molar-refractivity contribution is 0.103. The molecule has 10 aromatic rings. The quantitative estimate of drug-likeness (QED) is 0.166. The lowest BCUT2D eigenvalue weighted by Gasteiger charge is -2.13. The summed E-state index contributed by atoms with van der Waals surface area (Å²) in [6.07, 6.45) is 0. The summed E-state index contributed by atoms with van der Waals surface area (Å²) in [5.74, 6) is 1.56. The summed E-state index contributed by atoms with van der Waals surface area (Å²) < 4.78 is 4.54. The van der Waals surface area contributed by atoms with Gasteiger partial charge in [-0.3, -0.25) is 9.36 Å². The first-order valence-electron chi connectivity index (χ1n) is 17.3. The van der Waals surface area contributed by atoms with E-state index in [1.807, 2.05) is 91.0 Å². The van der Waals surface area contributed by atoms with E-state index in [0.717, 1.165) is 55.0 Å². The molecule has 0 spiro atoms. The zero-order chi connectivity index (χ0) is 34.6. The van der Waals surface area contributed by atoms with Crippen LogP contribution in [0.2, 0.25) is 0 Å². The summed E-state index contributed by atoms with van der Waals surface area (Å²) in [6, 6.07) is 58.8. The highest BCUT2D eigenvalue weighted by molar-refractivity contribution is 6.23. The fourth-order valence-corrected chi connectivity index (χ4v) is 7.39. The van der Waals surface area contributed by atoms with Gasteiger partial charge in [0.2, 0.25) is 5.95 Å². The molecule has 0 radical (unpaired) electrons. The Labute approximate surface area is 298 Å². The predicted octanol–water partition coefficient (Wildman–Crippen LogP) is 10.6. The number of hydrogen-bond donors (Lipinski definition) is 0. The zero-order valence-electron chi connectivity index (χ0n) is 27.9. The number of para-hydroxylation sites is 3. The molecule has 7 aromatic carbocycles. The van der Waals surface area contributed by atoms with Crippen LogP contribution < -0.4 is 0 Å². The number of nitrogens with zero attached hydrogens (tertiary/aromatic N) is 5. The van der Waals surface area contributed by atoms with Crippen LogP contribution in [0.3, 0.4) is 0 Å². The number of hydrogen-bond acceptors (Lipinski definition) is 4. The van der Waals surface area contributed by atoms with E-state index in [1.54, 1.807) is 0 Å². The standard InChI is InChI=1S/C46H29N5O/c52-43(30-14-4-1-5-15-30)31-24-26-33(27-25-31)45-47-44(32-16-6-2-7-17-32)48-46(49-45)51-40-23-13-11-21-36(40)38-29-28-37-35-20-10-12-22-39(35)50(41(37)42(38)51)34-18-8-3-9-19-34/h1-29H. The molecule has 0 N–H and O–H groups in total. The van der Waals surface area contributed by atoms with Gasteiger partial charge < -0.3 is 4.57 Å². The highest BCUT2D eigenvalue weighted by atomic mass is 16.1.